The predicted molar refractivity (Wildman–Crippen MR) is 55.8 cm³/mol. The van der Waals surface area contributed by atoms with Crippen LogP contribution in [0.2, 0.25) is 0 Å². The van der Waals surface area contributed by atoms with Crippen molar-refractivity contribution < 1.29 is 70.3 Å². The Morgan fingerprint density at radius 1 is 1.13 bits per heavy atom. The van der Waals surface area contributed by atoms with Gasteiger partial charge in [-0.15, -0.1) is 0 Å². The van der Waals surface area contributed by atoms with Crippen molar-refractivity contribution in [1.29, 1.82) is 0 Å². The van der Waals surface area contributed by atoms with Crippen LogP contribution in [0.5, 0.6) is 0 Å². The minimum atomic E-state index is -4.67. The zero-order chi connectivity index (χ0) is 11.2. The third kappa shape index (κ3) is 14.7. The van der Waals surface area contributed by atoms with Crippen molar-refractivity contribution in [3.8, 4) is 0 Å². The minimum absolute atomic E-state index is 0. The van der Waals surface area contributed by atoms with E-state index < -0.39 is 10.4 Å². The van der Waals surface area contributed by atoms with Gasteiger partial charge in [0.05, 0.1) is 0 Å². The van der Waals surface area contributed by atoms with E-state index in [4.69, 9.17) is 17.5 Å². The molecule has 1 aromatic rings. The second kappa shape index (κ2) is 8.83. The first-order valence-electron chi connectivity index (χ1n) is 4.05. The Morgan fingerprint density at radius 2 is 1.47 bits per heavy atom. The first-order valence-corrected chi connectivity index (χ1v) is 5.45. The Labute approximate surface area is 135 Å². The molecule has 0 unspecified atom stereocenters. The van der Waals surface area contributed by atoms with Crippen LogP contribution in [0.4, 0.5) is 0 Å². The molecular formula is C9H15KO4S. The monoisotopic (exact) mass is 258 g/mol. The maximum Gasteiger partial charge on any atom is 1.00 e. The largest absolute Gasteiger partial charge is 1.00 e. The number of hydrogen-bond donors (Lipinski definition) is 2. The minimum Gasteiger partial charge on any atom is -1.00 e. The predicted octanol–water partition coefficient (Wildman–Crippen LogP) is -0.726. The quantitative estimate of drug-likeness (QED) is 0.515. The summed E-state index contributed by atoms with van der Waals surface area (Å²) in [5.74, 6) is 0.659. The van der Waals surface area contributed by atoms with Gasteiger partial charge in [-0.3, -0.25) is 9.11 Å². The van der Waals surface area contributed by atoms with Gasteiger partial charge < -0.3 is 1.43 Å². The Balaban J connectivity index is -0.000000214. The van der Waals surface area contributed by atoms with E-state index in [-0.39, 0.29) is 52.8 Å². The Kier molecular flexibility index (Phi) is 10.7. The van der Waals surface area contributed by atoms with Crippen molar-refractivity contribution in [2.45, 2.75) is 19.8 Å². The molecule has 0 fully saturated rings. The molecule has 0 aliphatic carbocycles. The van der Waals surface area contributed by atoms with Gasteiger partial charge in [-0.2, -0.15) is 8.42 Å². The van der Waals surface area contributed by atoms with Crippen molar-refractivity contribution in [1.82, 2.24) is 0 Å². The molecular weight excluding hydrogens is 243 g/mol. The van der Waals surface area contributed by atoms with Gasteiger partial charge in [0.2, 0.25) is 0 Å². The second-order valence-electron chi connectivity index (χ2n) is 3.01. The molecule has 0 saturated carbocycles. The third-order valence-electron chi connectivity index (χ3n) is 1.47. The zero-order valence-corrected chi connectivity index (χ0v) is 13.0. The maximum atomic E-state index is 8.74. The number of rotatable bonds is 1. The fourth-order valence-corrected chi connectivity index (χ4v) is 0.838. The van der Waals surface area contributed by atoms with Gasteiger partial charge >= 0.3 is 61.8 Å². The molecule has 2 N–H and O–H groups in total. The Bertz CT molecular complexity index is 345. The van der Waals surface area contributed by atoms with Crippen LogP contribution in [-0.2, 0) is 10.4 Å². The van der Waals surface area contributed by atoms with Crippen molar-refractivity contribution in [2.24, 2.45) is 0 Å². The molecule has 0 atom stereocenters. The Hall–Kier alpha value is 0.726. The first kappa shape index (κ1) is 18.1. The molecule has 0 radical (unpaired) electrons. The van der Waals surface area contributed by atoms with Crippen LogP contribution in [0.25, 0.3) is 0 Å². The fourth-order valence-electron chi connectivity index (χ4n) is 0.838. The van der Waals surface area contributed by atoms with Gasteiger partial charge in [0.1, 0.15) is 0 Å². The standard InChI is InChI=1S/C9H12.K.H2O4S.H/c1-8(2)9-6-4-3-5-7-9;;1-5(2,3)4;/h3-8H,1-2H3;;(H2,1,2,3,4);/q;+1;;-1. The summed E-state index contributed by atoms with van der Waals surface area (Å²) in [4.78, 5) is 0. The summed E-state index contributed by atoms with van der Waals surface area (Å²) >= 11 is 0. The van der Waals surface area contributed by atoms with E-state index in [0.717, 1.165) is 0 Å². The Morgan fingerprint density at radius 3 is 1.67 bits per heavy atom. The van der Waals surface area contributed by atoms with Crippen molar-refractivity contribution in [2.75, 3.05) is 0 Å². The smallest absolute Gasteiger partial charge is 1.00 e. The topological polar surface area (TPSA) is 74.6 Å². The van der Waals surface area contributed by atoms with Gasteiger partial charge in [-0.25, -0.2) is 0 Å². The number of hydrogen-bond acceptors (Lipinski definition) is 2. The SMILES string of the molecule is CC(C)c1ccccc1.O=S(=O)(O)O.[H-].[K+]. The van der Waals surface area contributed by atoms with Crippen LogP contribution in [0.1, 0.15) is 26.8 Å². The molecule has 1 rings (SSSR count). The molecule has 0 amide bonds. The number of benzene rings is 1. The van der Waals surface area contributed by atoms with Crippen molar-refractivity contribution >= 4 is 10.4 Å². The van der Waals surface area contributed by atoms with E-state index in [0.29, 0.717) is 5.92 Å². The molecule has 0 aliphatic rings. The van der Waals surface area contributed by atoms with Gasteiger partial charge in [0.15, 0.2) is 0 Å². The molecule has 0 heterocycles. The van der Waals surface area contributed by atoms with E-state index >= 15 is 0 Å². The van der Waals surface area contributed by atoms with Crippen molar-refractivity contribution in [3.05, 3.63) is 35.9 Å². The maximum absolute atomic E-state index is 8.74. The summed E-state index contributed by atoms with van der Waals surface area (Å²) < 4.78 is 31.6. The van der Waals surface area contributed by atoms with Crippen LogP contribution >= 0.6 is 0 Å². The van der Waals surface area contributed by atoms with Crippen LogP contribution in [0, 0.1) is 0 Å². The molecule has 0 spiro atoms. The van der Waals surface area contributed by atoms with Gasteiger partial charge in [-0.1, -0.05) is 44.2 Å². The molecule has 0 aliphatic heterocycles. The normalized spacial score (nSPS) is 9.93. The molecule has 6 heteroatoms. The third-order valence-corrected chi connectivity index (χ3v) is 1.47. The van der Waals surface area contributed by atoms with Crippen LogP contribution in [0.3, 0.4) is 0 Å². The first-order chi connectivity index (χ1) is 6.30. The van der Waals surface area contributed by atoms with E-state index in [1.54, 1.807) is 0 Å². The van der Waals surface area contributed by atoms with Gasteiger partial charge in [0.25, 0.3) is 0 Å². The van der Waals surface area contributed by atoms with Crippen LogP contribution < -0.4 is 51.4 Å². The summed E-state index contributed by atoms with van der Waals surface area (Å²) in [6.07, 6.45) is 0. The molecule has 1 aromatic carbocycles. The summed E-state index contributed by atoms with van der Waals surface area (Å²) in [6, 6.07) is 10.5. The molecule has 0 saturated heterocycles. The van der Waals surface area contributed by atoms with E-state index in [1.807, 2.05) is 6.07 Å². The van der Waals surface area contributed by atoms with E-state index in [9.17, 15) is 0 Å². The van der Waals surface area contributed by atoms with Gasteiger partial charge in [-0.05, 0) is 11.5 Å². The van der Waals surface area contributed by atoms with Gasteiger partial charge in [0, 0.05) is 0 Å². The summed E-state index contributed by atoms with van der Waals surface area (Å²) in [6.45, 7) is 4.41. The molecule has 15 heavy (non-hydrogen) atoms. The summed E-state index contributed by atoms with van der Waals surface area (Å²) in [5.41, 5.74) is 1.41. The summed E-state index contributed by atoms with van der Waals surface area (Å²) in [5, 5.41) is 0. The van der Waals surface area contributed by atoms with Crippen LogP contribution in [-0.4, -0.2) is 17.5 Å². The zero-order valence-electron chi connectivity index (χ0n) is 10.1. The molecule has 0 aromatic heterocycles. The average molecular weight is 258 g/mol. The average Bonchev–Trinajstić information content (AvgIpc) is 2.03. The van der Waals surface area contributed by atoms with E-state index in [1.165, 1.54) is 5.56 Å². The molecule has 4 nitrogen and oxygen atoms in total. The van der Waals surface area contributed by atoms with Crippen LogP contribution in [0.15, 0.2) is 30.3 Å². The van der Waals surface area contributed by atoms with E-state index in [2.05, 4.69) is 38.1 Å². The molecule has 0 bridgehead atoms. The summed E-state index contributed by atoms with van der Waals surface area (Å²) in [7, 11) is -4.67. The van der Waals surface area contributed by atoms with Crippen molar-refractivity contribution in [3.63, 3.8) is 0 Å². The second-order valence-corrected chi connectivity index (χ2v) is 3.91. The fraction of sp³-hybridized carbons (Fsp3) is 0.333. The molecule has 82 valence electrons.